The first-order valence-electron chi connectivity index (χ1n) is 5.72. The number of rotatable bonds is 6. The lowest BCUT2D eigenvalue weighted by Crippen LogP contribution is -1.99. The molecule has 6 nitrogen and oxygen atoms in total. The molecule has 0 N–H and O–H groups in total. The molecular weight excluding hydrogens is 250 g/mol. The first-order valence-corrected chi connectivity index (χ1v) is 5.72. The van der Waals surface area contributed by atoms with Gasteiger partial charge in [-0.15, -0.1) is 0 Å². The van der Waals surface area contributed by atoms with E-state index in [-0.39, 0.29) is 5.70 Å². The SMILES string of the molecule is CC/C(=C\c1ccc(OC)c(OC)c1OC)[N+](=O)[O-]. The van der Waals surface area contributed by atoms with Gasteiger partial charge in [0.2, 0.25) is 11.4 Å². The maximum Gasteiger partial charge on any atom is 0.246 e. The molecule has 0 bridgehead atoms. The Bertz CT molecular complexity index is 496. The van der Waals surface area contributed by atoms with Crippen molar-refractivity contribution in [2.75, 3.05) is 21.3 Å². The van der Waals surface area contributed by atoms with Gasteiger partial charge in [-0.2, -0.15) is 0 Å². The van der Waals surface area contributed by atoms with Crippen molar-refractivity contribution >= 4 is 6.08 Å². The van der Waals surface area contributed by atoms with Gasteiger partial charge in [0.1, 0.15) is 0 Å². The molecule has 0 radical (unpaired) electrons. The second-order valence-corrected chi connectivity index (χ2v) is 3.67. The number of allylic oxidation sites excluding steroid dienone is 1. The molecule has 0 spiro atoms. The molecule has 1 aromatic carbocycles. The third kappa shape index (κ3) is 3.15. The minimum Gasteiger partial charge on any atom is -0.493 e. The summed E-state index contributed by atoms with van der Waals surface area (Å²) >= 11 is 0. The highest BCUT2D eigenvalue weighted by molar-refractivity contribution is 5.67. The Hall–Kier alpha value is -2.24. The van der Waals surface area contributed by atoms with Gasteiger partial charge in [0, 0.05) is 18.1 Å². The van der Waals surface area contributed by atoms with Crippen molar-refractivity contribution in [3.8, 4) is 17.2 Å². The van der Waals surface area contributed by atoms with Crippen LogP contribution in [0.3, 0.4) is 0 Å². The van der Waals surface area contributed by atoms with Crippen LogP contribution in [0, 0.1) is 10.1 Å². The first kappa shape index (κ1) is 14.8. The van der Waals surface area contributed by atoms with E-state index in [2.05, 4.69) is 0 Å². The Balaban J connectivity index is 3.40. The highest BCUT2D eigenvalue weighted by Crippen LogP contribution is 2.40. The van der Waals surface area contributed by atoms with Crippen molar-refractivity contribution in [2.45, 2.75) is 13.3 Å². The highest BCUT2D eigenvalue weighted by Gasteiger charge is 2.17. The van der Waals surface area contributed by atoms with Gasteiger partial charge in [-0.25, -0.2) is 0 Å². The normalized spacial score (nSPS) is 11.1. The molecular formula is C13H17NO5. The van der Waals surface area contributed by atoms with Crippen molar-refractivity contribution in [2.24, 2.45) is 0 Å². The van der Waals surface area contributed by atoms with Gasteiger partial charge in [0.15, 0.2) is 11.5 Å². The van der Waals surface area contributed by atoms with E-state index in [0.29, 0.717) is 29.2 Å². The molecule has 0 unspecified atom stereocenters. The summed E-state index contributed by atoms with van der Waals surface area (Å²) in [5, 5.41) is 10.9. The number of nitrogens with zero attached hydrogens (tertiary/aromatic N) is 1. The fourth-order valence-electron chi connectivity index (χ4n) is 1.70. The highest BCUT2D eigenvalue weighted by atomic mass is 16.6. The molecule has 0 aliphatic carbocycles. The minimum absolute atomic E-state index is 0.102. The summed E-state index contributed by atoms with van der Waals surface area (Å²) in [4.78, 5) is 10.4. The average Bonchev–Trinajstić information content (AvgIpc) is 2.42. The number of methoxy groups -OCH3 is 3. The topological polar surface area (TPSA) is 70.8 Å². The number of benzene rings is 1. The Morgan fingerprint density at radius 2 is 1.84 bits per heavy atom. The fourth-order valence-corrected chi connectivity index (χ4v) is 1.70. The summed E-state index contributed by atoms with van der Waals surface area (Å²) in [6.07, 6.45) is 1.80. The van der Waals surface area contributed by atoms with Crippen molar-refractivity contribution < 1.29 is 19.1 Å². The van der Waals surface area contributed by atoms with E-state index >= 15 is 0 Å². The van der Waals surface area contributed by atoms with Gasteiger partial charge in [-0.3, -0.25) is 10.1 Å². The predicted octanol–water partition coefficient (Wildman–Crippen LogP) is 2.74. The monoisotopic (exact) mass is 267 g/mol. The van der Waals surface area contributed by atoms with Crippen LogP contribution in [0.1, 0.15) is 18.9 Å². The fraction of sp³-hybridized carbons (Fsp3) is 0.385. The van der Waals surface area contributed by atoms with Crippen LogP contribution in [0.5, 0.6) is 17.2 Å². The molecule has 0 atom stereocenters. The summed E-state index contributed by atoms with van der Waals surface area (Å²) in [6.45, 7) is 1.72. The van der Waals surface area contributed by atoms with E-state index in [1.165, 1.54) is 27.4 Å². The van der Waals surface area contributed by atoms with E-state index in [1.807, 2.05) is 0 Å². The molecule has 0 saturated carbocycles. The zero-order chi connectivity index (χ0) is 14.4. The van der Waals surface area contributed by atoms with E-state index in [0.717, 1.165) is 0 Å². The zero-order valence-corrected chi connectivity index (χ0v) is 11.4. The van der Waals surface area contributed by atoms with Crippen LogP contribution in [0.25, 0.3) is 6.08 Å². The largest absolute Gasteiger partial charge is 0.493 e. The van der Waals surface area contributed by atoms with E-state index in [9.17, 15) is 10.1 Å². The molecule has 0 heterocycles. The molecule has 1 aromatic rings. The van der Waals surface area contributed by atoms with Crippen LogP contribution in [0.4, 0.5) is 0 Å². The van der Waals surface area contributed by atoms with Crippen LogP contribution in [-0.2, 0) is 0 Å². The Labute approximate surface area is 111 Å². The summed E-state index contributed by atoms with van der Waals surface area (Å²) in [7, 11) is 4.48. The van der Waals surface area contributed by atoms with Crippen LogP contribution in [0.2, 0.25) is 0 Å². The molecule has 19 heavy (non-hydrogen) atoms. The number of ether oxygens (including phenoxy) is 3. The Morgan fingerprint density at radius 3 is 2.26 bits per heavy atom. The van der Waals surface area contributed by atoms with Gasteiger partial charge in [0.25, 0.3) is 0 Å². The number of hydrogen-bond acceptors (Lipinski definition) is 5. The van der Waals surface area contributed by atoms with Gasteiger partial charge < -0.3 is 14.2 Å². The van der Waals surface area contributed by atoms with Crippen LogP contribution in [0.15, 0.2) is 17.8 Å². The van der Waals surface area contributed by atoms with Crippen LogP contribution >= 0.6 is 0 Å². The van der Waals surface area contributed by atoms with Crippen LogP contribution < -0.4 is 14.2 Å². The molecule has 0 saturated heterocycles. The summed E-state index contributed by atoms with van der Waals surface area (Å²) < 4.78 is 15.6. The quantitative estimate of drug-likeness (QED) is 0.585. The number of hydrogen-bond donors (Lipinski definition) is 0. The molecule has 1 rings (SSSR count). The second-order valence-electron chi connectivity index (χ2n) is 3.67. The van der Waals surface area contributed by atoms with Crippen molar-refractivity contribution in [3.63, 3.8) is 0 Å². The third-order valence-corrected chi connectivity index (χ3v) is 2.65. The maximum absolute atomic E-state index is 10.9. The molecule has 104 valence electrons. The predicted molar refractivity (Wildman–Crippen MR) is 71.4 cm³/mol. The molecule has 0 aliphatic heterocycles. The lowest BCUT2D eigenvalue weighted by atomic mass is 10.1. The Morgan fingerprint density at radius 1 is 1.21 bits per heavy atom. The van der Waals surface area contributed by atoms with Gasteiger partial charge in [-0.1, -0.05) is 6.92 Å². The first-order chi connectivity index (χ1) is 9.08. The average molecular weight is 267 g/mol. The molecule has 0 aromatic heterocycles. The van der Waals surface area contributed by atoms with E-state index < -0.39 is 4.92 Å². The van der Waals surface area contributed by atoms with Crippen molar-refractivity contribution in [3.05, 3.63) is 33.5 Å². The summed E-state index contributed by atoms with van der Waals surface area (Å²) in [5.41, 5.74) is 0.680. The van der Waals surface area contributed by atoms with Crippen molar-refractivity contribution in [1.29, 1.82) is 0 Å². The Kier molecular flexibility index (Phi) is 5.17. The molecule has 0 fully saturated rings. The van der Waals surface area contributed by atoms with E-state index in [1.54, 1.807) is 19.1 Å². The van der Waals surface area contributed by atoms with Crippen molar-refractivity contribution in [1.82, 2.24) is 0 Å². The lowest BCUT2D eigenvalue weighted by Gasteiger charge is -2.13. The third-order valence-electron chi connectivity index (χ3n) is 2.65. The molecule has 0 aliphatic rings. The standard InChI is InChI=1S/C13H17NO5/c1-5-10(14(15)16)8-9-6-7-11(17-2)13(19-4)12(9)18-3/h6-8H,5H2,1-4H3/b10-8+. The summed E-state index contributed by atoms with van der Waals surface area (Å²) in [5.74, 6) is 1.34. The van der Waals surface area contributed by atoms with Gasteiger partial charge >= 0.3 is 0 Å². The lowest BCUT2D eigenvalue weighted by molar-refractivity contribution is -0.425. The van der Waals surface area contributed by atoms with E-state index in [4.69, 9.17) is 14.2 Å². The smallest absolute Gasteiger partial charge is 0.246 e. The van der Waals surface area contributed by atoms with Gasteiger partial charge in [0.05, 0.1) is 26.3 Å². The maximum atomic E-state index is 10.9. The van der Waals surface area contributed by atoms with Gasteiger partial charge in [-0.05, 0) is 12.1 Å². The van der Waals surface area contributed by atoms with Crippen LogP contribution in [-0.4, -0.2) is 26.3 Å². The number of nitro groups is 1. The second kappa shape index (κ2) is 6.63. The molecule has 0 amide bonds. The zero-order valence-electron chi connectivity index (χ0n) is 11.4. The summed E-state index contributed by atoms with van der Waals surface area (Å²) in [6, 6.07) is 3.37. The molecule has 6 heteroatoms. The minimum atomic E-state index is -0.407.